The second-order valence-electron chi connectivity index (χ2n) is 7.42. The standard InChI is InChI=1S/C12H10.C9H13.C4H10N.C2H7Si.Hf/c1-3-7-11(8-4-1)12-9-5-2-6-10-12;1-6-5-7(2)9(4)8(6)3;1-3-4(2)5;1-3-2;/h1-10H;6H,1-4H3;4-5H,3H2,1-2H3;3H,1-2H3;/q;2*-1;;. The molecule has 0 aliphatic heterocycles. The fourth-order valence-electron chi connectivity index (χ4n) is 2.42. The van der Waals surface area contributed by atoms with E-state index in [1.54, 1.807) is 0 Å². The van der Waals surface area contributed by atoms with Crippen LogP contribution in [-0.2, 0) is 25.8 Å². The van der Waals surface area contributed by atoms with Crippen LogP contribution in [0.1, 0.15) is 48.0 Å². The van der Waals surface area contributed by atoms with E-state index in [1.165, 1.54) is 27.8 Å². The molecule has 0 heterocycles. The summed E-state index contributed by atoms with van der Waals surface area (Å²) < 4.78 is 0. The van der Waals surface area contributed by atoms with Crippen molar-refractivity contribution in [2.45, 2.75) is 67.1 Å². The Labute approximate surface area is 207 Å². The SMILES string of the molecule is CC1=[C-]C(C)C(C)=C1C.CCC(C)[NH-].C[SiH]C.[Hf].c1ccc(-c2ccccc2)cc1. The smallest absolute Gasteiger partial charge is 0.0213 e. The first-order valence-corrected chi connectivity index (χ1v) is 12.9. The molecule has 1 aliphatic carbocycles. The molecule has 0 spiro atoms. The molecule has 0 saturated heterocycles. The van der Waals surface area contributed by atoms with E-state index in [0.717, 1.165) is 15.9 Å². The number of hydrogen-bond acceptors (Lipinski definition) is 0. The summed E-state index contributed by atoms with van der Waals surface area (Å²) in [6.07, 6.45) is 4.33. The van der Waals surface area contributed by atoms with Crippen molar-refractivity contribution in [1.82, 2.24) is 0 Å². The van der Waals surface area contributed by atoms with Crippen LogP contribution in [-0.4, -0.2) is 15.6 Å². The van der Waals surface area contributed by atoms with Crippen LogP contribution in [0.25, 0.3) is 16.9 Å². The molecule has 3 rings (SSSR count). The van der Waals surface area contributed by atoms with Gasteiger partial charge in [0.1, 0.15) is 0 Å². The summed E-state index contributed by atoms with van der Waals surface area (Å²) in [7, 11) is 0.750. The molecule has 1 radical (unpaired) electrons. The van der Waals surface area contributed by atoms with E-state index >= 15 is 0 Å². The fourth-order valence-corrected chi connectivity index (χ4v) is 2.42. The van der Waals surface area contributed by atoms with Crippen LogP contribution in [0.3, 0.4) is 0 Å². The molecule has 0 amide bonds. The van der Waals surface area contributed by atoms with Gasteiger partial charge in [-0.05, 0) is 11.1 Å². The third-order valence-electron chi connectivity index (χ3n) is 4.73. The fraction of sp³-hybridized carbons (Fsp3) is 0.407. The van der Waals surface area contributed by atoms with Crippen molar-refractivity contribution in [1.29, 1.82) is 0 Å². The van der Waals surface area contributed by atoms with Gasteiger partial charge in [0.05, 0.1) is 0 Å². The molecule has 2 unspecified atom stereocenters. The monoisotopic (exact) mass is 586 g/mol. The van der Waals surface area contributed by atoms with Gasteiger partial charge < -0.3 is 5.73 Å². The summed E-state index contributed by atoms with van der Waals surface area (Å²) in [5.41, 5.74) is 13.6. The van der Waals surface area contributed by atoms with Crippen molar-refractivity contribution in [2.75, 3.05) is 0 Å². The maximum absolute atomic E-state index is 6.83. The second-order valence-corrected chi connectivity index (χ2v) is 8.57. The third kappa shape index (κ3) is 13.3. The van der Waals surface area contributed by atoms with E-state index in [1.807, 2.05) is 26.0 Å². The van der Waals surface area contributed by atoms with Crippen molar-refractivity contribution >= 4 is 9.52 Å². The Morgan fingerprint density at radius 3 is 1.40 bits per heavy atom. The minimum absolute atomic E-state index is 0. The summed E-state index contributed by atoms with van der Waals surface area (Å²) in [4.78, 5) is 0. The van der Waals surface area contributed by atoms with Crippen LogP contribution >= 0.6 is 0 Å². The normalized spacial score (nSPS) is 15.1. The van der Waals surface area contributed by atoms with E-state index in [-0.39, 0.29) is 31.9 Å². The van der Waals surface area contributed by atoms with Gasteiger partial charge in [-0.25, -0.2) is 5.57 Å². The van der Waals surface area contributed by atoms with E-state index in [9.17, 15) is 0 Å². The van der Waals surface area contributed by atoms with Gasteiger partial charge >= 0.3 is 0 Å². The van der Waals surface area contributed by atoms with Crippen LogP contribution in [0, 0.1) is 12.0 Å². The van der Waals surface area contributed by atoms with Gasteiger partial charge in [-0.1, -0.05) is 121 Å². The summed E-state index contributed by atoms with van der Waals surface area (Å²) >= 11 is 0. The maximum Gasteiger partial charge on any atom is 0.0213 e. The first-order valence-electron chi connectivity index (χ1n) is 10.6. The Balaban J connectivity index is 0. The Morgan fingerprint density at radius 2 is 1.23 bits per heavy atom. The van der Waals surface area contributed by atoms with Gasteiger partial charge in [0.15, 0.2) is 0 Å². The predicted octanol–water partition coefficient (Wildman–Crippen LogP) is 8.43. The summed E-state index contributed by atoms with van der Waals surface area (Å²) in [6, 6.07) is 20.9. The Bertz CT molecular complexity index is 684. The van der Waals surface area contributed by atoms with Gasteiger partial charge in [0.2, 0.25) is 0 Å². The predicted molar refractivity (Wildman–Crippen MR) is 135 cm³/mol. The van der Waals surface area contributed by atoms with E-state index < -0.39 is 0 Å². The quantitative estimate of drug-likeness (QED) is 0.250. The zero-order valence-corrected chi connectivity index (χ0v) is 25.0. The molecule has 2 atom stereocenters. The second kappa shape index (κ2) is 18.7. The molecule has 3 heteroatoms. The average molecular weight is 585 g/mol. The van der Waals surface area contributed by atoms with Gasteiger partial charge in [0, 0.05) is 35.4 Å². The van der Waals surface area contributed by atoms with Crippen LogP contribution < -0.4 is 0 Å². The molecule has 1 N–H and O–H groups in total. The van der Waals surface area contributed by atoms with Crippen molar-refractivity contribution in [3.63, 3.8) is 0 Å². The molecule has 0 aromatic heterocycles. The molecule has 30 heavy (non-hydrogen) atoms. The molecule has 0 fully saturated rings. The van der Waals surface area contributed by atoms with Crippen molar-refractivity contribution in [2.24, 2.45) is 5.92 Å². The molecular formula is C27H40HfNSi-2. The number of nitrogens with one attached hydrogen (secondary N) is 1. The number of rotatable bonds is 2. The number of hydrogen-bond donors (Lipinski definition) is 0. The largest absolute Gasteiger partial charge is 0.675 e. The molecule has 2 aromatic carbocycles. The van der Waals surface area contributed by atoms with Gasteiger partial charge in [0.25, 0.3) is 0 Å². The summed E-state index contributed by atoms with van der Waals surface area (Å²) in [5, 5.41) is 0. The summed E-state index contributed by atoms with van der Waals surface area (Å²) in [5.74, 6) is 0.560. The van der Waals surface area contributed by atoms with Crippen molar-refractivity contribution in [3.8, 4) is 11.1 Å². The zero-order chi connectivity index (χ0) is 22.2. The van der Waals surface area contributed by atoms with Crippen LogP contribution in [0.5, 0.6) is 0 Å². The van der Waals surface area contributed by atoms with E-state index in [4.69, 9.17) is 5.73 Å². The average Bonchev–Trinajstić information content (AvgIpc) is 2.96. The van der Waals surface area contributed by atoms with E-state index in [2.05, 4.69) is 95.4 Å². The Morgan fingerprint density at radius 1 is 0.900 bits per heavy atom. The topological polar surface area (TPSA) is 23.8 Å². The molecular weight excluding hydrogens is 545 g/mol. The third-order valence-corrected chi connectivity index (χ3v) is 4.73. The molecule has 1 nitrogen and oxygen atoms in total. The van der Waals surface area contributed by atoms with Crippen LogP contribution in [0.4, 0.5) is 0 Å². The van der Waals surface area contributed by atoms with Gasteiger partial charge in [-0.3, -0.25) is 6.08 Å². The number of allylic oxidation sites excluding steroid dienone is 4. The molecule has 0 saturated carbocycles. The molecule has 1 aliphatic rings. The van der Waals surface area contributed by atoms with Crippen LogP contribution in [0.15, 0.2) is 77.4 Å². The van der Waals surface area contributed by atoms with E-state index in [0.29, 0.717) is 5.92 Å². The molecule has 0 bridgehead atoms. The van der Waals surface area contributed by atoms with Crippen LogP contribution in [0.2, 0.25) is 13.1 Å². The molecule has 2 aromatic rings. The minimum atomic E-state index is 0. The first kappa shape index (κ1) is 31.2. The van der Waals surface area contributed by atoms with Crippen molar-refractivity contribution in [3.05, 3.63) is 89.2 Å². The van der Waals surface area contributed by atoms with Crippen molar-refractivity contribution < 1.29 is 25.8 Å². The Hall–Kier alpha value is -1.03. The number of benzene rings is 2. The first-order chi connectivity index (χ1) is 13.8. The maximum atomic E-state index is 6.83. The summed E-state index contributed by atoms with van der Waals surface area (Å²) in [6.45, 7) is 17.0. The molecule has 163 valence electrons. The van der Waals surface area contributed by atoms with Gasteiger partial charge in [-0.15, -0.1) is 13.0 Å². The Kier molecular flexibility index (Phi) is 19.4. The van der Waals surface area contributed by atoms with Gasteiger partial charge in [-0.2, -0.15) is 11.1 Å². The minimum Gasteiger partial charge on any atom is -0.675 e. The zero-order valence-electron chi connectivity index (χ0n) is 20.2.